The van der Waals surface area contributed by atoms with Crippen molar-refractivity contribution < 1.29 is 0 Å². The van der Waals surface area contributed by atoms with Crippen molar-refractivity contribution in [3.8, 4) is 12.1 Å². The maximum absolute atomic E-state index is 9.03. The number of para-hydroxylation sites is 1. The van der Waals surface area contributed by atoms with Gasteiger partial charge in [0.1, 0.15) is 6.07 Å². The molecule has 2 aromatic rings. The van der Waals surface area contributed by atoms with E-state index in [0.717, 1.165) is 16.9 Å². The Labute approximate surface area is 111 Å². The van der Waals surface area contributed by atoms with Crippen LogP contribution in [0.4, 0.5) is 17.1 Å². The number of hydrogen-bond acceptors (Lipinski definition) is 4. The molecule has 0 radical (unpaired) electrons. The smallest absolute Gasteiger partial charge is 0.101 e. The van der Waals surface area contributed by atoms with E-state index in [1.165, 1.54) is 0 Å². The SMILES string of the molecule is N#CCc1cc(Nc2ccccc2C#N)ccc1N. The van der Waals surface area contributed by atoms with Crippen LogP contribution in [0, 0.1) is 22.7 Å². The first-order chi connectivity index (χ1) is 9.24. The van der Waals surface area contributed by atoms with Gasteiger partial charge in [-0.05, 0) is 35.9 Å². The van der Waals surface area contributed by atoms with Gasteiger partial charge in [-0.1, -0.05) is 12.1 Å². The van der Waals surface area contributed by atoms with Crippen LogP contribution in [0.25, 0.3) is 0 Å². The number of nitrogens with one attached hydrogen (secondary N) is 1. The Balaban J connectivity index is 2.32. The number of hydrogen-bond donors (Lipinski definition) is 2. The summed E-state index contributed by atoms with van der Waals surface area (Å²) in [6.07, 6.45) is 0.265. The van der Waals surface area contributed by atoms with Crippen LogP contribution >= 0.6 is 0 Å². The highest BCUT2D eigenvalue weighted by molar-refractivity contribution is 5.68. The number of nitrogens with two attached hydrogens (primary N) is 1. The van der Waals surface area contributed by atoms with Crippen LogP contribution in [-0.4, -0.2) is 0 Å². The molecule has 0 aliphatic heterocycles. The Morgan fingerprint density at radius 1 is 1.11 bits per heavy atom. The molecule has 3 N–H and O–H groups in total. The Morgan fingerprint density at radius 3 is 2.63 bits per heavy atom. The van der Waals surface area contributed by atoms with Crippen LogP contribution in [0.15, 0.2) is 42.5 Å². The monoisotopic (exact) mass is 248 g/mol. The fourth-order valence-corrected chi connectivity index (χ4v) is 1.77. The van der Waals surface area contributed by atoms with E-state index < -0.39 is 0 Å². The Bertz CT molecular complexity index is 677. The maximum atomic E-state index is 9.03. The molecule has 0 spiro atoms. The fourth-order valence-electron chi connectivity index (χ4n) is 1.77. The number of nitriles is 2. The summed E-state index contributed by atoms with van der Waals surface area (Å²) in [6, 6.07) is 16.9. The second-order valence-electron chi connectivity index (χ2n) is 4.03. The van der Waals surface area contributed by atoms with E-state index in [1.54, 1.807) is 12.1 Å². The number of nitrogens with zero attached hydrogens (tertiary/aromatic N) is 2. The quantitative estimate of drug-likeness (QED) is 0.818. The second-order valence-corrected chi connectivity index (χ2v) is 4.03. The largest absolute Gasteiger partial charge is 0.398 e. The molecule has 0 bridgehead atoms. The number of benzene rings is 2. The van der Waals surface area contributed by atoms with Gasteiger partial charge in [-0.2, -0.15) is 10.5 Å². The molecule has 19 heavy (non-hydrogen) atoms. The van der Waals surface area contributed by atoms with E-state index in [0.29, 0.717) is 11.3 Å². The van der Waals surface area contributed by atoms with Gasteiger partial charge in [0.25, 0.3) is 0 Å². The van der Waals surface area contributed by atoms with Crippen molar-refractivity contribution in [2.24, 2.45) is 0 Å². The minimum Gasteiger partial charge on any atom is -0.398 e. The predicted octanol–water partition coefficient (Wildman–Crippen LogP) is 2.95. The highest BCUT2D eigenvalue weighted by Gasteiger charge is 2.04. The van der Waals surface area contributed by atoms with Crippen LogP contribution < -0.4 is 11.1 Å². The van der Waals surface area contributed by atoms with Gasteiger partial charge in [0.05, 0.1) is 23.7 Å². The van der Waals surface area contributed by atoms with Crippen LogP contribution in [0.2, 0.25) is 0 Å². The highest BCUT2D eigenvalue weighted by Crippen LogP contribution is 2.23. The highest BCUT2D eigenvalue weighted by atomic mass is 14.9. The first-order valence-corrected chi connectivity index (χ1v) is 5.76. The zero-order chi connectivity index (χ0) is 13.7. The molecule has 0 aromatic heterocycles. The third-order valence-electron chi connectivity index (χ3n) is 2.74. The molecule has 0 unspecified atom stereocenters. The van der Waals surface area contributed by atoms with Crippen molar-refractivity contribution >= 4 is 17.1 Å². The van der Waals surface area contributed by atoms with Gasteiger partial charge in [0, 0.05) is 11.4 Å². The van der Waals surface area contributed by atoms with Gasteiger partial charge in [0.2, 0.25) is 0 Å². The van der Waals surface area contributed by atoms with Crippen LogP contribution in [0.5, 0.6) is 0 Å². The lowest BCUT2D eigenvalue weighted by molar-refractivity contribution is 1.27. The minimum absolute atomic E-state index is 0.265. The molecule has 2 aromatic carbocycles. The van der Waals surface area contributed by atoms with Gasteiger partial charge in [0.15, 0.2) is 0 Å². The lowest BCUT2D eigenvalue weighted by Crippen LogP contribution is -1.97. The lowest BCUT2D eigenvalue weighted by Gasteiger charge is -2.10. The zero-order valence-corrected chi connectivity index (χ0v) is 10.2. The summed E-state index contributed by atoms with van der Waals surface area (Å²) in [6.45, 7) is 0. The molecule has 0 heterocycles. The molecule has 92 valence electrons. The summed E-state index contributed by atoms with van der Waals surface area (Å²) in [5, 5.41) is 20.9. The van der Waals surface area contributed by atoms with Gasteiger partial charge in [-0.15, -0.1) is 0 Å². The van der Waals surface area contributed by atoms with Crippen molar-refractivity contribution in [3.05, 3.63) is 53.6 Å². The summed E-state index contributed by atoms with van der Waals surface area (Å²) in [5.41, 5.74) is 9.28. The molecule has 4 heteroatoms. The normalized spacial score (nSPS) is 9.37. The van der Waals surface area contributed by atoms with Crippen molar-refractivity contribution in [2.45, 2.75) is 6.42 Å². The molecule has 0 aliphatic rings. The van der Waals surface area contributed by atoms with Crippen molar-refractivity contribution in [1.29, 1.82) is 10.5 Å². The molecule has 0 saturated heterocycles. The molecule has 0 fully saturated rings. The Morgan fingerprint density at radius 2 is 1.89 bits per heavy atom. The average Bonchev–Trinajstić information content (AvgIpc) is 2.43. The van der Waals surface area contributed by atoms with Gasteiger partial charge in [-0.3, -0.25) is 0 Å². The number of anilines is 3. The molecular formula is C15H12N4. The van der Waals surface area contributed by atoms with E-state index in [2.05, 4.69) is 17.5 Å². The fraction of sp³-hybridized carbons (Fsp3) is 0.0667. The molecule has 0 aliphatic carbocycles. The summed E-state index contributed by atoms with van der Waals surface area (Å²) >= 11 is 0. The molecule has 0 saturated carbocycles. The molecule has 2 rings (SSSR count). The summed E-state index contributed by atoms with van der Waals surface area (Å²) in [7, 11) is 0. The van der Waals surface area contributed by atoms with Crippen LogP contribution in [0.3, 0.4) is 0 Å². The maximum Gasteiger partial charge on any atom is 0.101 e. The third-order valence-corrected chi connectivity index (χ3v) is 2.74. The van der Waals surface area contributed by atoms with Crippen LogP contribution in [0.1, 0.15) is 11.1 Å². The Kier molecular flexibility index (Phi) is 3.66. The van der Waals surface area contributed by atoms with Crippen molar-refractivity contribution in [3.63, 3.8) is 0 Å². The van der Waals surface area contributed by atoms with E-state index in [4.69, 9.17) is 16.3 Å². The topological polar surface area (TPSA) is 85.6 Å². The molecule has 4 nitrogen and oxygen atoms in total. The zero-order valence-electron chi connectivity index (χ0n) is 10.2. The van der Waals surface area contributed by atoms with E-state index in [9.17, 15) is 0 Å². The third kappa shape index (κ3) is 2.83. The van der Waals surface area contributed by atoms with E-state index in [-0.39, 0.29) is 6.42 Å². The molecule has 0 atom stereocenters. The van der Waals surface area contributed by atoms with E-state index >= 15 is 0 Å². The average molecular weight is 248 g/mol. The predicted molar refractivity (Wildman–Crippen MR) is 74.6 cm³/mol. The van der Waals surface area contributed by atoms with Gasteiger partial charge >= 0.3 is 0 Å². The summed E-state index contributed by atoms with van der Waals surface area (Å²) in [4.78, 5) is 0. The van der Waals surface area contributed by atoms with Crippen molar-refractivity contribution in [2.75, 3.05) is 11.1 Å². The standard InChI is InChI=1S/C15H12N4/c16-8-7-11-9-13(5-6-14(11)18)19-15-4-2-1-3-12(15)10-17/h1-6,9,19H,7,18H2. The Hall–Kier alpha value is -2.98. The van der Waals surface area contributed by atoms with Crippen molar-refractivity contribution in [1.82, 2.24) is 0 Å². The minimum atomic E-state index is 0.265. The molecular weight excluding hydrogens is 236 g/mol. The lowest BCUT2D eigenvalue weighted by atomic mass is 10.1. The van der Waals surface area contributed by atoms with Crippen LogP contribution in [-0.2, 0) is 6.42 Å². The summed E-state index contributed by atoms with van der Waals surface area (Å²) in [5.74, 6) is 0. The first-order valence-electron chi connectivity index (χ1n) is 5.76. The van der Waals surface area contributed by atoms with Gasteiger partial charge in [-0.25, -0.2) is 0 Å². The number of nitrogen functional groups attached to an aromatic ring is 1. The first kappa shape index (κ1) is 12.5. The summed E-state index contributed by atoms with van der Waals surface area (Å²) < 4.78 is 0. The van der Waals surface area contributed by atoms with E-state index in [1.807, 2.05) is 30.3 Å². The number of rotatable bonds is 3. The second kappa shape index (κ2) is 5.57. The molecule has 0 amide bonds. The van der Waals surface area contributed by atoms with Gasteiger partial charge < -0.3 is 11.1 Å².